The average Bonchev–Trinajstić information content (AvgIpc) is 3.71. The number of rotatable bonds is 5. The number of carbonyl (C=O) groups excluding carboxylic acids is 2. The summed E-state index contributed by atoms with van der Waals surface area (Å²) >= 11 is 25.1. The van der Waals surface area contributed by atoms with Crippen molar-refractivity contribution in [1.29, 1.82) is 0 Å². The minimum atomic E-state index is -0.509. The lowest BCUT2D eigenvalue weighted by Gasteiger charge is -2.12. The highest BCUT2D eigenvalue weighted by atomic mass is 35.5. The highest BCUT2D eigenvalue weighted by Gasteiger charge is 2.34. The number of fused-ring (bicyclic) bond motifs is 6. The molecule has 2 heterocycles. The number of aromatic amines is 1. The van der Waals surface area contributed by atoms with Crippen LogP contribution in [0.4, 0.5) is 22.7 Å². The van der Waals surface area contributed by atoms with Gasteiger partial charge in [-0.05, 0) is 53.9 Å². The molecule has 0 aliphatic carbocycles. The Labute approximate surface area is 316 Å². The normalized spacial score (nSPS) is 13.1. The summed E-state index contributed by atoms with van der Waals surface area (Å²) in [5.74, 6) is -1.17. The number of phenolic OH excluding ortho intramolecular Hbond substituents is 1. The van der Waals surface area contributed by atoms with Gasteiger partial charge in [-0.3, -0.25) is 9.59 Å². The fraction of sp³-hybridized carbons (Fsp3) is 0.0513. The van der Waals surface area contributed by atoms with Gasteiger partial charge in [0.1, 0.15) is 11.5 Å². The second kappa shape index (κ2) is 14.3. The SMILES string of the molecule is CC.O=C(Nc1ccccc1)c1cc2ccc3c4ccccc4[nH]c3c2c(N=Nc2ccc(N=C3NC(=O)c4c(Cl)c(Cl)c(Cl)c(Cl)c43)cc2)c1O. The number of aliphatic imine (C=N–C) groups is 1. The van der Waals surface area contributed by atoms with E-state index in [9.17, 15) is 14.7 Å². The topological polar surface area (TPSA) is 131 Å². The summed E-state index contributed by atoms with van der Waals surface area (Å²) in [7, 11) is 0. The van der Waals surface area contributed by atoms with E-state index < -0.39 is 11.8 Å². The van der Waals surface area contributed by atoms with Gasteiger partial charge in [0.05, 0.1) is 53.7 Å². The van der Waals surface area contributed by atoms with Crippen LogP contribution in [0.1, 0.15) is 40.1 Å². The predicted molar refractivity (Wildman–Crippen MR) is 211 cm³/mol. The van der Waals surface area contributed by atoms with Crippen molar-refractivity contribution in [2.75, 3.05) is 5.32 Å². The molecule has 6 aromatic carbocycles. The van der Waals surface area contributed by atoms with Crippen LogP contribution in [-0.4, -0.2) is 27.7 Å². The van der Waals surface area contributed by atoms with Crippen molar-refractivity contribution < 1.29 is 14.7 Å². The molecule has 0 unspecified atom stereocenters. The summed E-state index contributed by atoms with van der Waals surface area (Å²) in [6.45, 7) is 4.00. The molecular formula is C39H26Cl4N6O3. The number of anilines is 1. The van der Waals surface area contributed by atoms with E-state index in [1.165, 1.54) is 0 Å². The molecule has 9 nitrogen and oxygen atoms in total. The molecule has 1 aliphatic heterocycles. The number of carbonyl (C=O) groups is 2. The van der Waals surface area contributed by atoms with Crippen LogP contribution in [0, 0.1) is 0 Å². The molecule has 0 saturated heterocycles. The summed E-state index contributed by atoms with van der Waals surface area (Å²) in [5, 5.41) is 29.3. The van der Waals surface area contributed by atoms with E-state index in [4.69, 9.17) is 46.4 Å². The number of para-hydroxylation sites is 2. The number of amidine groups is 1. The predicted octanol–water partition coefficient (Wildman–Crippen LogP) is 12.3. The van der Waals surface area contributed by atoms with Crippen molar-refractivity contribution in [1.82, 2.24) is 10.3 Å². The second-order valence-corrected chi connectivity index (χ2v) is 12.8. The summed E-state index contributed by atoms with van der Waals surface area (Å²) in [6, 6.07) is 29.0. The monoisotopic (exact) mass is 766 g/mol. The van der Waals surface area contributed by atoms with E-state index in [0.717, 1.165) is 21.8 Å². The first-order valence-electron chi connectivity index (χ1n) is 16.0. The van der Waals surface area contributed by atoms with Gasteiger partial charge in [0.15, 0.2) is 5.75 Å². The van der Waals surface area contributed by atoms with E-state index in [2.05, 4.69) is 30.8 Å². The third kappa shape index (κ3) is 6.11. The number of nitrogens with zero attached hydrogens (tertiary/aromatic N) is 3. The fourth-order valence-corrected chi connectivity index (χ4v) is 7.01. The maximum atomic E-state index is 13.4. The van der Waals surface area contributed by atoms with Crippen molar-refractivity contribution in [2.24, 2.45) is 15.2 Å². The highest BCUT2D eigenvalue weighted by Crippen LogP contribution is 2.45. The van der Waals surface area contributed by atoms with Crippen molar-refractivity contribution >= 4 is 119 Å². The molecule has 13 heteroatoms. The molecule has 7 aromatic rings. The second-order valence-electron chi connectivity index (χ2n) is 11.3. The van der Waals surface area contributed by atoms with Gasteiger partial charge in [-0.25, -0.2) is 4.99 Å². The maximum Gasteiger partial charge on any atom is 0.259 e. The van der Waals surface area contributed by atoms with Crippen molar-refractivity contribution in [3.8, 4) is 5.75 Å². The largest absolute Gasteiger partial charge is 0.505 e. The minimum Gasteiger partial charge on any atom is -0.505 e. The van der Waals surface area contributed by atoms with Crippen LogP contribution in [0.25, 0.3) is 32.6 Å². The molecule has 4 N–H and O–H groups in total. The third-order valence-electron chi connectivity index (χ3n) is 8.33. The zero-order valence-corrected chi connectivity index (χ0v) is 30.4. The number of nitrogens with one attached hydrogen (secondary N) is 3. The summed E-state index contributed by atoms with van der Waals surface area (Å²) in [4.78, 5) is 34.1. The zero-order valence-electron chi connectivity index (χ0n) is 27.4. The Hall–Kier alpha value is -5.45. The molecule has 1 aliphatic rings. The molecule has 8 rings (SSSR count). The van der Waals surface area contributed by atoms with E-state index in [-0.39, 0.29) is 54.1 Å². The molecule has 0 radical (unpaired) electrons. The number of hydrogen-bond donors (Lipinski definition) is 4. The number of hydrogen-bond acceptors (Lipinski definition) is 6. The summed E-state index contributed by atoms with van der Waals surface area (Å²) < 4.78 is 0. The quantitative estimate of drug-likeness (QED) is 0.0789. The van der Waals surface area contributed by atoms with Crippen LogP contribution in [-0.2, 0) is 0 Å². The highest BCUT2D eigenvalue weighted by molar-refractivity contribution is 6.55. The first kappa shape index (κ1) is 35.0. The van der Waals surface area contributed by atoms with Gasteiger partial charge < -0.3 is 20.7 Å². The maximum absolute atomic E-state index is 13.4. The third-order valence-corrected chi connectivity index (χ3v) is 10.1. The summed E-state index contributed by atoms with van der Waals surface area (Å²) in [5.41, 5.74) is 3.61. The van der Waals surface area contributed by atoms with Crippen LogP contribution in [0.5, 0.6) is 5.75 Å². The smallest absolute Gasteiger partial charge is 0.259 e. The van der Waals surface area contributed by atoms with Gasteiger partial charge in [0.25, 0.3) is 11.8 Å². The molecule has 0 spiro atoms. The molecule has 1 aromatic heterocycles. The van der Waals surface area contributed by atoms with E-state index in [1.54, 1.807) is 54.6 Å². The standard InChI is InChI=1S/C37H20Cl4N6O3.C2H6/c38-28-26-27(29(39)31(41)30(28)40)37(50)45-35(26)42-19-11-13-20(14-12-19)46-47-33-25-17(10-15-22-21-8-4-5-9-24(21)44-32(22)25)16-23(34(33)48)36(49)43-18-6-2-1-3-7-18;1-2/h1-16,44,48H,(H,43,49)(H,42,45,50);1-2H3. The van der Waals surface area contributed by atoms with Gasteiger partial charge in [-0.1, -0.05) is 109 Å². The number of aromatic nitrogens is 1. The number of H-pyrrole nitrogens is 1. The molecule has 0 atom stereocenters. The van der Waals surface area contributed by atoms with Crippen LogP contribution < -0.4 is 10.6 Å². The van der Waals surface area contributed by atoms with Crippen molar-refractivity contribution in [2.45, 2.75) is 13.8 Å². The number of phenols is 1. The molecule has 2 amide bonds. The molecular weight excluding hydrogens is 742 g/mol. The van der Waals surface area contributed by atoms with E-state index >= 15 is 0 Å². The summed E-state index contributed by atoms with van der Waals surface area (Å²) in [6.07, 6.45) is 0. The van der Waals surface area contributed by atoms with Crippen LogP contribution in [0.3, 0.4) is 0 Å². The van der Waals surface area contributed by atoms with Crippen LogP contribution in [0.15, 0.2) is 112 Å². The Balaban J connectivity index is 0.00000207. The van der Waals surface area contributed by atoms with Gasteiger partial charge >= 0.3 is 0 Å². The Morgan fingerprint density at radius 1 is 0.731 bits per heavy atom. The lowest BCUT2D eigenvalue weighted by atomic mass is 10.00. The Bertz CT molecular complexity index is 2640. The molecule has 0 saturated carbocycles. The first-order valence-corrected chi connectivity index (χ1v) is 17.5. The Morgan fingerprint density at radius 3 is 2.12 bits per heavy atom. The van der Waals surface area contributed by atoms with Gasteiger partial charge in [0, 0.05) is 27.4 Å². The van der Waals surface area contributed by atoms with Crippen molar-refractivity contribution in [3.63, 3.8) is 0 Å². The van der Waals surface area contributed by atoms with Crippen LogP contribution in [0.2, 0.25) is 20.1 Å². The number of benzene rings is 6. The first-order chi connectivity index (χ1) is 25.2. The van der Waals surface area contributed by atoms with Crippen LogP contribution >= 0.6 is 46.4 Å². The van der Waals surface area contributed by atoms with E-state index in [1.807, 2.05) is 56.3 Å². The number of azo groups is 1. The van der Waals surface area contributed by atoms with Gasteiger partial charge in [0.2, 0.25) is 0 Å². The van der Waals surface area contributed by atoms with Gasteiger partial charge in [-0.15, -0.1) is 5.11 Å². The Kier molecular flexibility index (Phi) is 9.61. The molecule has 0 bridgehead atoms. The zero-order chi connectivity index (χ0) is 36.7. The Morgan fingerprint density at radius 2 is 1.38 bits per heavy atom. The number of amides is 2. The minimum absolute atomic E-state index is 0.0131. The fourth-order valence-electron chi connectivity index (χ4n) is 5.98. The average molecular weight is 768 g/mol. The van der Waals surface area contributed by atoms with Gasteiger partial charge in [-0.2, -0.15) is 5.11 Å². The number of halogens is 4. The molecule has 258 valence electrons. The van der Waals surface area contributed by atoms with Crippen molar-refractivity contribution in [3.05, 3.63) is 134 Å². The number of aromatic hydroxyl groups is 1. The molecule has 52 heavy (non-hydrogen) atoms. The van der Waals surface area contributed by atoms with E-state index in [0.29, 0.717) is 27.8 Å². The lowest BCUT2D eigenvalue weighted by Crippen LogP contribution is -2.21. The molecule has 0 fully saturated rings. The lowest BCUT2D eigenvalue weighted by molar-refractivity contribution is 0.0981.